The lowest BCUT2D eigenvalue weighted by Gasteiger charge is -2.23. The van der Waals surface area contributed by atoms with Crippen LogP contribution in [0.4, 0.5) is 5.82 Å². The van der Waals surface area contributed by atoms with Crippen LogP contribution < -0.4 is 9.64 Å². The molecular formula is C18H26N4O. The van der Waals surface area contributed by atoms with Crippen molar-refractivity contribution in [3.63, 3.8) is 0 Å². The molecule has 124 valence electrons. The van der Waals surface area contributed by atoms with E-state index >= 15 is 0 Å². The van der Waals surface area contributed by atoms with E-state index in [2.05, 4.69) is 33.7 Å². The number of hydrogen-bond donors (Lipinski definition) is 0. The Kier molecular flexibility index (Phi) is 6.78. The van der Waals surface area contributed by atoms with Crippen LogP contribution in [0.2, 0.25) is 0 Å². The van der Waals surface area contributed by atoms with E-state index in [0.29, 0.717) is 12.6 Å². The van der Waals surface area contributed by atoms with Gasteiger partial charge in [0, 0.05) is 43.2 Å². The topological polar surface area (TPSA) is 51.1 Å². The fourth-order valence-electron chi connectivity index (χ4n) is 2.43. The van der Waals surface area contributed by atoms with Gasteiger partial charge in [-0.25, -0.2) is 4.98 Å². The minimum atomic E-state index is 0.452. The summed E-state index contributed by atoms with van der Waals surface area (Å²) in [6.45, 7) is 8.87. The molecule has 0 atom stereocenters. The van der Waals surface area contributed by atoms with Gasteiger partial charge in [-0.3, -0.25) is 4.98 Å². The van der Waals surface area contributed by atoms with Crippen LogP contribution in [-0.2, 0) is 6.42 Å². The van der Waals surface area contributed by atoms with Crippen molar-refractivity contribution in [2.75, 3.05) is 24.6 Å². The van der Waals surface area contributed by atoms with Gasteiger partial charge in [0.15, 0.2) is 0 Å². The molecule has 23 heavy (non-hydrogen) atoms. The van der Waals surface area contributed by atoms with Crippen molar-refractivity contribution in [3.8, 4) is 6.01 Å². The summed E-state index contributed by atoms with van der Waals surface area (Å²) < 4.78 is 5.75. The molecular weight excluding hydrogens is 288 g/mol. The fourth-order valence-corrected chi connectivity index (χ4v) is 2.43. The van der Waals surface area contributed by atoms with Crippen LogP contribution in [-0.4, -0.2) is 34.6 Å². The smallest absolute Gasteiger partial charge is 0.318 e. The molecule has 0 aliphatic heterocycles. The number of hydrogen-bond acceptors (Lipinski definition) is 5. The van der Waals surface area contributed by atoms with E-state index < -0.39 is 0 Å². The first-order valence-corrected chi connectivity index (χ1v) is 8.36. The van der Waals surface area contributed by atoms with Crippen molar-refractivity contribution in [1.82, 2.24) is 15.0 Å². The minimum Gasteiger partial charge on any atom is -0.463 e. The SMILES string of the molecule is CCCN(CCC)c1cc(C)nc(OCCc2ccccn2)n1. The van der Waals surface area contributed by atoms with E-state index in [1.165, 1.54) is 0 Å². The highest BCUT2D eigenvalue weighted by molar-refractivity contribution is 5.40. The number of anilines is 1. The molecule has 0 N–H and O–H groups in total. The van der Waals surface area contributed by atoms with E-state index in [9.17, 15) is 0 Å². The Balaban J connectivity index is 2.01. The number of aryl methyl sites for hydroxylation is 1. The normalized spacial score (nSPS) is 10.6. The molecule has 0 spiro atoms. The van der Waals surface area contributed by atoms with Gasteiger partial charge in [0.25, 0.3) is 0 Å². The van der Waals surface area contributed by atoms with E-state index in [0.717, 1.165) is 49.6 Å². The third kappa shape index (κ3) is 5.51. The van der Waals surface area contributed by atoms with Crippen molar-refractivity contribution >= 4 is 5.82 Å². The summed E-state index contributed by atoms with van der Waals surface area (Å²) in [7, 11) is 0. The first kappa shape index (κ1) is 17.2. The highest BCUT2D eigenvalue weighted by atomic mass is 16.5. The van der Waals surface area contributed by atoms with Gasteiger partial charge in [-0.05, 0) is 31.9 Å². The van der Waals surface area contributed by atoms with Crippen molar-refractivity contribution in [3.05, 3.63) is 41.9 Å². The average Bonchev–Trinajstić information content (AvgIpc) is 2.55. The third-order valence-corrected chi connectivity index (χ3v) is 3.45. The lowest BCUT2D eigenvalue weighted by molar-refractivity contribution is 0.294. The number of rotatable bonds is 9. The second kappa shape index (κ2) is 9.08. The lowest BCUT2D eigenvalue weighted by atomic mass is 10.3. The van der Waals surface area contributed by atoms with Gasteiger partial charge in [0.2, 0.25) is 0 Å². The first-order valence-electron chi connectivity index (χ1n) is 8.36. The fraction of sp³-hybridized carbons (Fsp3) is 0.500. The third-order valence-electron chi connectivity index (χ3n) is 3.45. The molecule has 5 nitrogen and oxygen atoms in total. The monoisotopic (exact) mass is 314 g/mol. The van der Waals surface area contributed by atoms with E-state index in [1.807, 2.05) is 31.2 Å². The summed E-state index contributed by atoms with van der Waals surface area (Å²) in [6.07, 6.45) is 4.74. The molecule has 0 aromatic carbocycles. The molecule has 2 rings (SSSR count). The molecule has 2 aromatic rings. The molecule has 0 radical (unpaired) electrons. The van der Waals surface area contributed by atoms with Crippen molar-refractivity contribution in [2.24, 2.45) is 0 Å². The lowest BCUT2D eigenvalue weighted by Crippen LogP contribution is -2.26. The van der Waals surface area contributed by atoms with Gasteiger partial charge in [-0.2, -0.15) is 4.98 Å². The van der Waals surface area contributed by atoms with Gasteiger partial charge in [0.1, 0.15) is 5.82 Å². The maximum atomic E-state index is 5.75. The summed E-state index contributed by atoms with van der Waals surface area (Å²) >= 11 is 0. The molecule has 2 heterocycles. The number of pyridine rings is 1. The van der Waals surface area contributed by atoms with Gasteiger partial charge in [0.05, 0.1) is 6.61 Å². The van der Waals surface area contributed by atoms with E-state index in [1.54, 1.807) is 6.20 Å². The second-order valence-electron chi connectivity index (χ2n) is 5.56. The maximum absolute atomic E-state index is 5.75. The molecule has 0 saturated heterocycles. The van der Waals surface area contributed by atoms with Crippen LogP contribution in [0.5, 0.6) is 6.01 Å². The van der Waals surface area contributed by atoms with Gasteiger partial charge in [-0.1, -0.05) is 19.9 Å². The molecule has 5 heteroatoms. The molecule has 0 unspecified atom stereocenters. The molecule has 0 fully saturated rings. The zero-order chi connectivity index (χ0) is 16.5. The highest BCUT2D eigenvalue weighted by Crippen LogP contribution is 2.17. The van der Waals surface area contributed by atoms with Gasteiger partial charge in [-0.15, -0.1) is 0 Å². The maximum Gasteiger partial charge on any atom is 0.318 e. The Bertz CT molecular complexity index is 583. The quantitative estimate of drug-likeness (QED) is 0.710. The molecule has 0 saturated carbocycles. The average molecular weight is 314 g/mol. The Morgan fingerprint density at radius 1 is 1.09 bits per heavy atom. The van der Waals surface area contributed by atoms with E-state index in [-0.39, 0.29) is 0 Å². The molecule has 2 aromatic heterocycles. The molecule has 0 bridgehead atoms. The predicted octanol–water partition coefficient (Wildman–Crippen LogP) is 3.43. The van der Waals surface area contributed by atoms with Crippen LogP contribution in [0.3, 0.4) is 0 Å². The zero-order valence-electron chi connectivity index (χ0n) is 14.3. The number of aromatic nitrogens is 3. The molecule has 0 amide bonds. The first-order chi connectivity index (χ1) is 11.2. The van der Waals surface area contributed by atoms with Crippen LogP contribution >= 0.6 is 0 Å². The van der Waals surface area contributed by atoms with Crippen LogP contribution in [0.1, 0.15) is 38.1 Å². The summed E-state index contributed by atoms with van der Waals surface area (Å²) in [4.78, 5) is 15.5. The summed E-state index contributed by atoms with van der Waals surface area (Å²) in [5, 5.41) is 0. The second-order valence-corrected chi connectivity index (χ2v) is 5.56. The number of nitrogens with zero attached hydrogens (tertiary/aromatic N) is 4. The van der Waals surface area contributed by atoms with E-state index in [4.69, 9.17) is 4.74 Å². The summed E-state index contributed by atoms with van der Waals surface area (Å²) in [5.74, 6) is 0.953. The Morgan fingerprint density at radius 3 is 2.52 bits per heavy atom. The molecule has 0 aliphatic rings. The Morgan fingerprint density at radius 2 is 1.87 bits per heavy atom. The minimum absolute atomic E-state index is 0.452. The summed E-state index contributed by atoms with van der Waals surface area (Å²) in [6, 6.07) is 8.37. The standard InChI is InChI=1S/C18H26N4O/c1-4-11-22(12-5-2)17-14-15(3)20-18(21-17)23-13-9-16-8-6-7-10-19-16/h6-8,10,14H,4-5,9,11-13H2,1-3H3. The largest absolute Gasteiger partial charge is 0.463 e. The van der Waals surface area contributed by atoms with Crippen molar-refractivity contribution in [1.29, 1.82) is 0 Å². The highest BCUT2D eigenvalue weighted by Gasteiger charge is 2.10. The Hall–Kier alpha value is -2.17. The number of ether oxygens (including phenoxy) is 1. The van der Waals surface area contributed by atoms with Crippen molar-refractivity contribution < 1.29 is 4.74 Å². The van der Waals surface area contributed by atoms with Crippen LogP contribution in [0, 0.1) is 6.92 Å². The molecule has 0 aliphatic carbocycles. The Labute approximate surface area is 138 Å². The summed E-state index contributed by atoms with van der Waals surface area (Å²) in [5.41, 5.74) is 1.94. The van der Waals surface area contributed by atoms with Crippen LogP contribution in [0.15, 0.2) is 30.5 Å². The predicted molar refractivity (Wildman–Crippen MR) is 93.0 cm³/mol. The van der Waals surface area contributed by atoms with Gasteiger partial charge >= 0.3 is 6.01 Å². The van der Waals surface area contributed by atoms with Crippen LogP contribution in [0.25, 0.3) is 0 Å². The zero-order valence-corrected chi connectivity index (χ0v) is 14.3. The van der Waals surface area contributed by atoms with Crippen molar-refractivity contribution in [2.45, 2.75) is 40.0 Å². The van der Waals surface area contributed by atoms with Gasteiger partial charge < -0.3 is 9.64 Å².